The molecule has 1 aromatic heterocycles. The number of rotatable bonds is 2. The zero-order valence-electron chi connectivity index (χ0n) is 12.2. The van der Waals surface area contributed by atoms with Crippen molar-refractivity contribution in [2.75, 3.05) is 0 Å². The third-order valence-corrected chi connectivity index (χ3v) is 7.38. The van der Waals surface area contributed by atoms with Crippen LogP contribution in [-0.4, -0.2) is 11.3 Å². The quantitative estimate of drug-likeness (QED) is 0.816. The van der Waals surface area contributed by atoms with Crippen LogP contribution in [0.5, 0.6) is 0 Å². The van der Waals surface area contributed by atoms with Gasteiger partial charge in [0.15, 0.2) is 0 Å². The predicted octanol–water partition coefficient (Wildman–Crippen LogP) is 5.09. The lowest BCUT2D eigenvalue weighted by Crippen LogP contribution is -2.43. The number of fused-ring (bicyclic) bond motifs is 1. The van der Waals surface area contributed by atoms with Gasteiger partial charge in [0, 0.05) is 17.3 Å². The topological polar surface area (TPSA) is 12.0 Å². The Balaban J connectivity index is 1.73. The average Bonchev–Trinajstić information content (AvgIpc) is 2.83. The summed E-state index contributed by atoms with van der Waals surface area (Å²) >= 11 is 3.98. The van der Waals surface area contributed by atoms with Crippen LogP contribution in [0.1, 0.15) is 58.1 Å². The summed E-state index contributed by atoms with van der Waals surface area (Å²) in [4.78, 5) is 0. The number of thioether (sulfide) groups is 1. The summed E-state index contributed by atoms with van der Waals surface area (Å²) < 4.78 is 1.55. The van der Waals surface area contributed by atoms with Crippen LogP contribution in [0.15, 0.2) is 15.7 Å². The lowest BCUT2D eigenvalue weighted by atomic mass is 9.77. The first-order chi connectivity index (χ1) is 9.15. The van der Waals surface area contributed by atoms with E-state index in [4.69, 9.17) is 0 Å². The molecule has 106 valence electrons. The number of hydrogen-bond donors (Lipinski definition) is 1. The first-order valence-electron chi connectivity index (χ1n) is 7.65. The molecule has 0 spiro atoms. The van der Waals surface area contributed by atoms with Crippen LogP contribution in [-0.2, 0) is 0 Å². The smallest absolute Gasteiger partial charge is 0.0649 e. The third-order valence-electron chi connectivity index (χ3n) is 5.03. The fourth-order valence-corrected chi connectivity index (χ4v) is 6.15. The first kappa shape index (κ1) is 14.0. The Morgan fingerprint density at radius 1 is 1.21 bits per heavy atom. The molecule has 4 unspecified atom stereocenters. The third kappa shape index (κ3) is 2.88. The van der Waals surface area contributed by atoms with Gasteiger partial charge in [-0.2, -0.15) is 0 Å². The van der Waals surface area contributed by atoms with Crippen molar-refractivity contribution in [3.05, 3.63) is 17.0 Å². The molecule has 1 aromatic rings. The number of hydrogen-bond acceptors (Lipinski definition) is 3. The lowest BCUT2D eigenvalue weighted by Gasteiger charge is -2.39. The van der Waals surface area contributed by atoms with Gasteiger partial charge in [0.25, 0.3) is 0 Å². The van der Waals surface area contributed by atoms with Crippen LogP contribution >= 0.6 is 23.1 Å². The van der Waals surface area contributed by atoms with E-state index < -0.39 is 0 Å². The van der Waals surface area contributed by atoms with Gasteiger partial charge in [0.2, 0.25) is 0 Å². The first-order valence-corrected chi connectivity index (χ1v) is 9.41. The van der Waals surface area contributed by atoms with Gasteiger partial charge in [-0.3, -0.25) is 0 Å². The van der Waals surface area contributed by atoms with Crippen LogP contribution in [0, 0.1) is 11.8 Å². The summed E-state index contributed by atoms with van der Waals surface area (Å²) in [6, 6.07) is 3.65. The Morgan fingerprint density at radius 3 is 2.89 bits per heavy atom. The molecule has 0 amide bonds. The molecular formula is C16H25NS2. The summed E-state index contributed by atoms with van der Waals surface area (Å²) in [7, 11) is 0. The molecule has 1 nitrogen and oxygen atoms in total. The van der Waals surface area contributed by atoms with Crippen molar-refractivity contribution in [2.24, 2.45) is 11.8 Å². The number of thiophene rings is 1. The summed E-state index contributed by atoms with van der Waals surface area (Å²) in [6.45, 7) is 7.24. The van der Waals surface area contributed by atoms with Crippen LogP contribution < -0.4 is 5.32 Å². The van der Waals surface area contributed by atoms with Crippen molar-refractivity contribution >= 4 is 23.1 Å². The fraction of sp³-hybridized carbons (Fsp3) is 0.750. The highest BCUT2D eigenvalue weighted by atomic mass is 32.2. The second-order valence-electron chi connectivity index (χ2n) is 6.42. The van der Waals surface area contributed by atoms with E-state index in [1.54, 1.807) is 9.77 Å². The van der Waals surface area contributed by atoms with Crippen LogP contribution in [0.25, 0.3) is 0 Å². The van der Waals surface area contributed by atoms with Crippen LogP contribution in [0.3, 0.4) is 0 Å². The second-order valence-corrected chi connectivity index (χ2v) is 9.04. The molecule has 19 heavy (non-hydrogen) atoms. The van der Waals surface area contributed by atoms with Crippen LogP contribution in [0.2, 0.25) is 0 Å². The monoisotopic (exact) mass is 295 g/mol. The summed E-state index contributed by atoms with van der Waals surface area (Å²) in [5, 5.41) is 7.02. The molecule has 0 aromatic carbocycles. The zero-order chi connectivity index (χ0) is 13.4. The van der Waals surface area contributed by atoms with Crippen molar-refractivity contribution in [2.45, 2.75) is 68.0 Å². The molecule has 2 heterocycles. The molecule has 2 aliphatic rings. The van der Waals surface area contributed by atoms with E-state index in [0.717, 1.165) is 23.1 Å². The Hall–Kier alpha value is 0.0100. The minimum Gasteiger partial charge on any atom is -0.307 e. The molecule has 0 radical (unpaired) electrons. The molecule has 3 heteroatoms. The Bertz CT molecular complexity index is 428. The zero-order valence-corrected chi connectivity index (χ0v) is 13.8. The van der Waals surface area contributed by atoms with Gasteiger partial charge in [-0.1, -0.05) is 33.6 Å². The Kier molecular flexibility index (Phi) is 4.25. The van der Waals surface area contributed by atoms with Crippen molar-refractivity contribution in [1.82, 2.24) is 5.32 Å². The molecule has 3 rings (SSSR count). The van der Waals surface area contributed by atoms with Crippen LogP contribution in [0.4, 0.5) is 0 Å². The van der Waals surface area contributed by atoms with Gasteiger partial charge in [-0.15, -0.1) is 23.1 Å². The maximum absolute atomic E-state index is 4.00. The molecular weight excluding hydrogens is 270 g/mol. The van der Waals surface area contributed by atoms with E-state index in [-0.39, 0.29) is 0 Å². The molecule has 0 bridgehead atoms. The van der Waals surface area contributed by atoms with Crippen molar-refractivity contribution in [3.63, 3.8) is 0 Å². The van der Waals surface area contributed by atoms with Gasteiger partial charge in [-0.25, -0.2) is 0 Å². The standard InChI is InChI=1S/C16H25NS2/c1-10-5-4-6-14(12(10)3)17-15-9-11(2)19-16-13(15)7-8-18-16/h7-8,10-12,14-15,17H,4-6,9H2,1-3H3/t10?,11-,12?,14?,15?/m0/s1. The normalized spacial score (nSPS) is 39.0. The molecule has 1 fully saturated rings. The van der Waals surface area contributed by atoms with E-state index in [1.807, 2.05) is 11.3 Å². The molecule has 0 saturated heterocycles. The minimum absolute atomic E-state index is 0.593. The SMILES string of the molecule is CC1CCCC(NC2C[C@H](C)Sc3sccc32)C1C. The van der Waals surface area contributed by atoms with Gasteiger partial charge in [0.1, 0.15) is 0 Å². The van der Waals surface area contributed by atoms with Crippen molar-refractivity contribution in [3.8, 4) is 0 Å². The van der Waals surface area contributed by atoms with Gasteiger partial charge in [-0.05, 0) is 41.7 Å². The summed E-state index contributed by atoms with van der Waals surface area (Å²) in [5.74, 6) is 1.70. The molecule has 1 saturated carbocycles. The fourth-order valence-electron chi connectivity index (χ4n) is 3.58. The van der Waals surface area contributed by atoms with Crippen molar-refractivity contribution in [1.29, 1.82) is 0 Å². The molecule has 1 N–H and O–H groups in total. The van der Waals surface area contributed by atoms with E-state index >= 15 is 0 Å². The Labute approximate surface area is 125 Å². The molecule has 1 aliphatic carbocycles. The minimum atomic E-state index is 0.593. The largest absolute Gasteiger partial charge is 0.307 e. The van der Waals surface area contributed by atoms with E-state index in [9.17, 15) is 0 Å². The number of nitrogens with one attached hydrogen (secondary N) is 1. The second kappa shape index (κ2) is 5.79. The average molecular weight is 296 g/mol. The molecule has 1 aliphatic heterocycles. The van der Waals surface area contributed by atoms with Gasteiger partial charge < -0.3 is 5.32 Å². The van der Waals surface area contributed by atoms with Gasteiger partial charge in [0.05, 0.1) is 4.21 Å². The van der Waals surface area contributed by atoms with Gasteiger partial charge >= 0.3 is 0 Å². The highest BCUT2D eigenvalue weighted by molar-refractivity contribution is 8.01. The summed E-state index contributed by atoms with van der Waals surface area (Å²) in [5.41, 5.74) is 1.57. The highest BCUT2D eigenvalue weighted by Crippen LogP contribution is 2.44. The van der Waals surface area contributed by atoms with Crippen molar-refractivity contribution < 1.29 is 0 Å². The van der Waals surface area contributed by atoms with E-state index in [2.05, 4.69) is 49.3 Å². The highest BCUT2D eigenvalue weighted by Gasteiger charge is 2.32. The summed E-state index contributed by atoms with van der Waals surface area (Å²) in [6.07, 6.45) is 5.46. The Morgan fingerprint density at radius 2 is 2.05 bits per heavy atom. The predicted molar refractivity (Wildman–Crippen MR) is 86.1 cm³/mol. The van der Waals surface area contributed by atoms with E-state index in [1.165, 1.54) is 25.7 Å². The molecule has 5 atom stereocenters. The maximum atomic E-state index is 4.00. The van der Waals surface area contributed by atoms with E-state index in [0.29, 0.717) is 6.04 Å². The lowest BCUT2D eigenvalue weighted by molar-refractivity contribution is 0.190. The maximum Gasteiger partial charge on any atom is 0.0649 e.